The minimum Gasteiger partial charge on any atom is -0.439 e. The predicted molar refractivity (Wildman–Crippen MR) is 118 cm³/mol. The molecule has 30 heavy (non-hydrogen) atoms. The molecule has 4 rings (SSSR count). The van der Waals surface area contributed by atoms with Gasteiger partial charge in [0.25, 0.3) is 0 Å². The molecule has 1 amide bonds. The van der Waals surface area contributed by atoms with Gasteiger partial charge in [-0.25, -0.2) is 9.97 Å². The van der Waals surface area contributed by atoms with Crippen LogP contribution in [-0.4, -0.2) is 29.0 Å². The van der Waals surface area contributed by atoms with Crippen LogP contribution in [-0.2, 0) is 4.79 Å². The van der Waals surface area contributed by atoms with Gasteiger partial charge in [0.05, 0.1) is 16.9 Å². The molecule has 2 aromatic heterocycles. The maximum Gasteiger partial charge on any atom is 0.227 e. The van der Waals surface area contributed by atoms with Crippen LogP contribution in [0.2, 0.25) is 5.02 Å². The second-order valence-electron chi connectivity index (χ2n) is 7.39. The van der Waals surface area contributed by atoms with Gasteiger partial charge in [-0.3, -0.25) is 4.79 Å². The summed E-state index contributed by atoms with van der Waals surface area (Å²) < 4.78 is 5.73. The number of benzene rings is 1. The molecule has 0 atom stereocenters. The molecule has 0 unspecified atom stereocenters. The molecule has 1 aliphatic heterocycles. The van der Waals surface area contributed by atoms with Crippen molar-refractivity contribution in [3.05, 3.63) is 71.5 Å². The molecule has 3 aromatic rings. The van der Waals surface area contributed by atoms with Crippen LogP contribution in [0.4, 0.5) is 11.5 Å². The van der Waals surface area contributed by atoms with Crippen LogP contribution < -0.4 is 15.0 Å². The summed E-state index contributed by atoms with van der Waals surface area (Å²) in [5, 5.41) is 3.59. The third-order valence-corrected chi connectivity index (χ3v) is 5.37. The number of carbonyl (C=O) groups excluding carboxylic acids is 1. The fraction of sp³-hybridized carbons (Fsp3) is 0.261. The van der Waals surface area contributed by atoms with Crippen molar-refractivity contribution in [3.63, 3.8) is 0 Å². The monoisotopic (exact) mass is 422 g/mol. The van der Waals surface area contributed by atoms with Crippen LogP contribution in [0.15, 0.2) is 60.9 Å². The molecule has 1 aromatic carbocycles. The molecule has 0 spiro atoms. The maximum absolute atomic E-state index is 12.6. The van der Waals surface area contributed by atoms with Crippen LogP contribution >= 0.6 is 11.6 Å². The minimum absolute atomic E-state index is 0.0210. The second kappa shape index (κ2) is 9.13. The standard InChI is InChI=1S/C23H23ClN4O2/c1-16-2-6-20(7-3-16)30-22-9-5-19(15-26-22)27-23(29)17-10-12-28(13-11-17)21-8-4-18(24)14-25-21/h2-9,14-15,17H,10-13H2,1H3,(H,27,29). The van der Waals surface area contributed by atoms with Crippen molar-refractivity contribution >= 4 is 29.0 Å². The van der Waals surface area contributed by atoms with E-state index in [9.17, 15) is 4.79 Å². The van der Waals surface area contributed by atoms with Crippen molar-refractivity contribution in [3.8, 4) is 11.6 Å². The molecular weight excluding hydrogens is 400 g/mol. The Kier molecular flexibility index (Phi) is 6.14. The van der Waals surface area contributed by atoms with Crippen molar-refractivity contribution in [1.29, 1.82) is 0 Å². The summed E-state index contributed by atoms with van der Waals surface area (Å²) >= 11 is 5.90. The van der Waals surface area contributed by atoms with Crippen molar-refractivity contribution in [1.82, 2.24) is 9.97 Å². The molecule has 0 radical (unpaired) electrons. The Balaban J connectivity index is 1.28. The molecule has 0 bridgehead atoms. The Morgan fingerprint density at radius 3 is 2.43 bits per heavy atom. The lowest BCUT2D eigenvalue weighted by Gasteiger charge is -2.32. The number of halogens is 1. The van der Waals surface area contributed by atoms with Crippen LogP contribution in [0.3, 0.4) is 0 Å². The zero-order chi connectivity index (χ0) is 20.9. The molecule has 154 valence electrons. The fourth-order valence-corrected chi connectivity index (χ4v) is 3.52. The predicted octanol–water partition coefficient (Wildman–Crippen LogP) is 5.09. The number of nitrogens with zero attached hydrogens (tertiary/aromatic N) is 3. The van der Waals surface area contributed by atoms with E-state index in [0.717, 1.165) is 37.5 Å². The summed E-state index contributed by atoms with van der Waals surface area (Å²) in [6, 6.07) is 15.1. The highest BCUT2D eigenvalue weighted by atomic mass is 35.5. The Morgan fingerprint density at radius 1 is 1.03 bits per heavy atom. The Bertz CT molecular complexity index is 983. The molecule has 1 N–H and O–H groups in total. The van der Waals surface area contributed by atoms with Gasteiger partial charge in [0, 0.05) is 31.3 Å². The maximum atomic E-state index is 12.6. The normalized spacial score (nSPS) is 14.4. The highest BCUT2D eigenvalue weighted by Crippen LogP contribution is 2.25. The fourth-order valence-electron chi connectivity index (χ4n) is 3.41. The Labute approximate surface area is 180 Å². The third-order valence-electron chi connectivity index (χ3n) is 5.15. The number of aryl methyl sites for hydroxylation is 1. The first kappa shape index (κ1) is 20.2. The molecule has 0 saturated carbocycles. The van der Waals surface area contributed by atoms with Gasteiger partial charge in [0.1, 0.15) is 11.6 Å². The van der Waals surface area contributed by atoms with Crippen molar-refractivity contribution in [2.45, 2.75) is 19.8 Å². The highest BCUT2D eigenvalue weighted by molar-refractivity contribution is 6.30. The number of ether oxygens (including phenoxy) is 1. The van der Waals surface area contributed by atoms with Gasteiger partial charge in [0.2, 0.25) is 11.8 Å². The number of nitrogens with one attached hydrogen (secondary N) is 1. The summed E-state index contributed by atoms with van der Waals surface area (Å²) in [4.78, 5) is 23.5. The SMILES string of the molecule is Cc1ccc(Oc2ccc(NC(=O)C3CCN(c4ccc(Cl)cn4)CC3)cn2)cc1. The summed E-state index contributed by atoms with van der Waals surface area (Å²) in [6.45, 7) is 3.60. The summed E-state index contributed by atoms with van der Waals surface area (Å²) in [5.41, 5.74) is 1.83. The molecule has 1 aliphatic rings. The van der Waals surface area contributed by atoms with Gasteiger partial charge in [-0.1, -0.05) is 29.3 Å². The summed E-state index contributed by atoms with van der Waals surface area (Å²) in [6.07, 6.45) is 4.82. The first-order chi connectivity index (χ1) is 14.6. The molecule has 3 heterocycles. The number of anilines is 2. The van der Waals surface area contributed by atoms with Gasteiger partial charge in [-0.2, -0.15) is 0 Å². The van der Waals surface area contributed by atoms with Gasteiger partial charge in [-0.05, 0) is 50.1 Å². The number of piperidine rings is 1. The van der Waals surface area contributed by atoms with Gasteiger partial charge >= 0.3 is 0 Å². The quantitative estimate of drug-likeness (QED) is 0.620. The van der Waals surface area contributed by atoms with Crippen molar-refractivity contribution in [2.75, 3.05) is 23.3 Å². The largest absolute Gasteiger partial charge is 0.439 e. The van der Waals surface area contributed by atoms with Crippen LogP contribution in [0, 0.1) is 12.8 Å². The zero-order valence-corrected chi connectivity index (χ0v) is 17.5. The van der Waals surface area contributed by atoms with Gasteiger partial charge < -0.3 is 15.0 Å². The van der Waals surface area contributed by atoms with Crippen LogP contribution in [0.25, 0.3) is 0 Å². The highest BCUT2D eigenvalue weighted by Gasteiger charge is 2.25. The number of carbonyl (C=O) groups is 1. The lowest BCUT2D eigenvalue weighted by atomic mass is 9.96. The number of amides is 1. The Hall–Kier alpha value is -3.12. The van der Waals surface area contributed by atoms with E-state index in [-0.39, 0.29) is 11.8 Å². The molecule has 1 fully saturated rings. The smallest absolute Gasteiger partial charge is 0.227 e. The van der Waals surface area contributed by atoms with E-state index < -0.39 is 0 Å². The molecule has 7 heteroatoms. The minimum atomic E-state index is -0.0305. The summed E-state index contributed by atoms with van der Waals surface area (Å²) in [7, 11) is 0. The topological polar surface area (TPSA) is 67.3 Å². The molecular formula is C23H23ClN4O2. The second-order valence-corrected chi connectivity index (χ2v) is 7.82. The van der Waals surface area contributed by atoms with Crippen LogP contribution in [0.1, 0.15) is 18.4 Å². The van der Waals surface area contributed by atoms with E-state index in [1.807, 2.05) is 43.3 Å². The lowest BCUT2D eigenvalue weighted by Crippen LogP contribution is -2.38. The molecule has 6 nitrogen and oxygen atoms in total. The van der Waals surface area contributed by atoms with E-state index in [1.54, 1.807) is 24.5 Å². The number of hydrogen-bond donors (Lipinski definition) is 1. The average Bonchev–Trinajstić information content (AvgIpc) is 2.77. The Morgan fingerprint density at radius 2 is 1.80 bits per heavy atom. The zero-order valence-electron chi connectivity index (χ0n) is 16.7. The number of hydrogen-bond acceptors (Lipinski definition) is 5. The van der Waals surface area contributed by atoms with Crippen molar-refractivity contribution in [2.24, 2.45) is 5.92 Å². The third kappa shape index (κ3) is 5.07. The number of aromatic nitrogens is 2. The van der Waals surface area contributed by atoms with Gasteiger partial charge in [-0.15, -0.1) is 0 Å². The van der Waals surface area contributed by atoms with E-state index >= 15 is 0 Å². The van der Waals surface area contributed by atoms with E-state index in [1.165, 1.54) is 5.56 Å². The number of pyridine rings is 2. The van der Waals surface area contributed by atoms with Crippen LogP contribution in [0.5, 0.6) is 11.6 Å². The first-order valence-corrected chi connectivity index (χ1v) is 10.3. The summed E-state index contributed by atoms with van der Waals surface area (Å²) in [5.74, 6) is 2.10. The van der Waals surface area contributed by atoms with Gasteiger partial charge in [0.15, 0.2) is 0 Å². The lowest BCUT2D eigenvalue weighted by molar-refractivity contribution is -0.120. The molecule has 1 saturated heterocycles. The van der Waals surface area contributed by atoms with E-state index in [4.69, 9.17) is 16.3 Å². The average molecular weight is 423 g/mol. The van der Waals surface area contributed by atoms with Crippen molar-refractivity contribution < 1.29 is 9.53 Å². The number of rotatable bonds is 5. The first-order valence-electron chi connectivity index (χ1n) is 9.95. The van der Waals surface area contributed by atoms with E-state index in [0.29, 0.717) is 16.6 Å². The van der Waals surface area contributed by atoms with E-state index in [2.05, 4.69) is 20.2 Å². The molecule has 0 aliphatic carbocycles.